The molecule has 0 heterocycles. The summed E-state index contributed by atoms with van der Waals surface area (Å²) in [4.78, 5) is 0. The predicted octanol–water partition coefficient (Wildman–Crippen LogP) is 5.16. The average molecular weight is 330 g/mol. The lowest BCUT2D eigenvalue weighted by molar-refractivity contribution is 0.521. The smallest absolute Gasteiger partial charge is 0.129 e. The first-order chi connectivity index (χ1) is 10.0. The van der Waals surface area contributed by atoms with Crippen molar-refractivity contribution >= 4 is 23.2 Å². The van der Waals surface area contributed by atoms with Crippen molar-refractivity contribution in [1.29, 1.82) is 0 Å². The molecule has 1 unspecified atom stereocenters. The van der Waals surface area contributed by atoms with Gasteiger partial charge < -0.3 is 5.32 Å². The van der Waals surface area contributed by atoms with Crippen LogP contribution in [0.5, 0.6) is 0 Å². The van der Waals surface area contributed by atoms with Gasteiger partial charge in [-0.15, -0.1) is 0 Å². The van der Waals surface area contributed by atoms with Gasteiger partial charge in [-0.1, -0.05) is 42.3 Å². The fourth-order valence-corrected chi connectivity index (χ4v) is 2.93. The minimum atomic E-state index is -0.591. The van der Waals surface area contributed by atoms with Crippen LogP contribution in [0.3, 0.4) is 0 Å². The zero-order chi connectivity index (χ0) is 15.4. The number of nitrogens with one attached hydrogen (secondary N) is 1. The van der Waals surface area contributed by atoms with E-state index in [-0.39, 0.29) is 6.04 Å². The first-order valence-electron chi connectivity index (χ1n) is 6.64. The highest BCUT2D eigenvalue weighted by Gasteiger charge is 2.19. The van der Waals surface area contributed by atoms with E-state index in [0.717, 1.165) is 11.6 Å². The molecule has 2 rings (SSSR count). The maximum absolute atomic E-state index is 13.8. The summed E-state index contributed by atoms with van der Waals surface area (Å²) in [6.07, 6.45) is 0.337. The third-order valence-electron chi connectivity index (χ3n) is 3.24. The van der Waals surface area contributed by atoms with Gasteiger partial charge in [0.05, 0.1) is 0 Å². The van der Waals surface area contributed by atoms with E-state index < -0.39 is 11.6 Å². The number of benzene rings is 2. The third kappa shape index (κ3) is 3.94. The van der Waals surface area contributed by atoms with Crippen LogP contribution in [0.4, 0.5) is 8.78 Å². The predicted molar refractivity (Wildman–Crippen MR) is 82.9 cm³/mol. The largest absolute Gasteiger partial charge is 0.310 e. The van der Waals surface area contributed by atoms with E-state index in [4.69, 9.17) is 23.2 Å². The van der Waals surface area contributed by atoms with E-state index in [1.54, 1.807) is 18.2 Å². The van der Waals surface area contributed by atoms with Gasteiger partial charge in [-0.05, 0) is 36.7 Å². The van der Waals surface area contributed by atoms with Crippen molar-refractivity contribution in [3.8, 4) is 0 Å². The third-order valence-corrected chi connectivity index (χ3v) is 3.90. The molecule has 0 spiro atoms. The molecular weight excluding hydrogens is 315 g/mol. The lowest BCUT2D eigenvalue weighted by Crippen LogP contribution is -2.24. The average Bonchev–Trinajstić information content (AvgIpc) is 2.41. The van der Waals surface area contributed by atoms with Crippen molar-refractivity contribution in [1.82, 2.24) is 5.32 Å². The van der Waals surface area contributed by atoms with E-state index in [0.29, 0.717) is 28.6 Å². The second-order valence-corrected chi connectivity index (χ2v) is 5.50. The summed E-state index contributed by atoms with van der Waals surface area (Å²) >= 11 is 12.4. The summed E-state index contributed by atoms with van der Waals surface area (Å²) in [5.74, 6) is -1.16. The normalized spacial score (nSPS) is 12.4. The zero-order valence-corrected chi connectivity index (χ0v) is 13.0. The number of hydrogen-bond donors (Lipinski definition) is 1. The first kappa shape index (κ1) is 16.2. The Morgan fingerprint density at radius 3 is 2.33 bits per heavy atom. The Morgan fingerprint density at radius 1 is 1.10 bits per heavy atom. The molecule has 0 aliphatic carbocycles. The van der Waals surface area contributed by atoms with Crippen LogP contribution in [0.25, 0.3) is 0 Å². The lowest BCUT2D eigenvalue weighted by atomic mass is 9.98. The Hall–Kier alpha value is -1.16. The molecule has 1 atom stereocenters. The molecule has 0 fully saturated rings. The van der Waals surface area contributed by atoms with Crippen molar-refractivity contribution in [2.45, 2.75) is 19.4 Å². The molecule has 0 saturated heterocycles. The second-order valence-electron chi connectivity index (χ2n) is 4.69. The molecule has 2 aromatic rings. The minimum Gasteiger partial charge on any atom is -0.310 e. The molecule has 0 amide bonds. The molecule has 0 aliphatic rings. The molecule has 0 aromatic heterocycles. The highest BCUT2D eigenvalue weighted by Crippen LogP contribution is 2.32. The van der Waals surface area contributed by atoms with Gasteiger partial charge in [-0.3, -0.25) is 0 Å². The monoisotopic (exact) mass is 329 g/mol. The van der Waals surface area contributed by atoms with Gasteiger partial charge in [-0.25, -0.2) is 8.78 Å². The van der Waals surface area contributed by atoms with E-state index in [2.05, 4.69) is 5.32 Å². The van der Waals surface area contributed by atoms with Crippen LogP contribution in [-0.4, -0.2) is 6.54 Å². The SMILES string of the molecule is CCNC(Cc1ccc(F)cc1F)c1c(Cl)cccc1Cl. The maximum atomic E-state index is 13.8. The highest BCUT2D eigenvalue weighted by molar-refractivity contribution is 6.36. The van der Waals surface area contributed by atoms with E-state index in [1.807, 2.05) is 6.92 Å². The first-order valence-corrected chi connectivity index (χ1v) is 7.39. The molecule has 1 nitrogen and oxygen atoms in total. The van der Waals surface area contributed by atoms with Crippen LogP contribution in [0.1, 0.15) is 24.1 Å². The van der Waals surface area contributed by atoms with Gasteiger partial charge in [0.1, 0.15) is 11.6 Å². The van der Waals surface area contributed by atoms with Crippen LogP contribution in [0.15, 0.2) is 36.4 Å². The quantitative estimate of drug-likeness (QED) is 0.798. The fourth-order valence-electron chi connectivity index (χ4n) is 2.27. The van der Waals surface area contributed by atoms with Gasteiger partial charge in [-0.2, -0.15) is 0 Å². The highest BCUT2D eigenvalue weighted by atomic mass is 35.5. The topological polar surface area (TPSA) is 12.0 Å². The van der Waals surface area contributed by atoms with Crippen LogP contribution >= 0.6 is 23.2 Å². The van der Waals surface area contributed by atoms with Gasteiger partial charge in [0.2, 0.25) is 0 Å². The molecule has 112 valence electrons. The summed E-state index contributed by atoms with van der Waals surface area (Å²) in [6, 6.07) is 8.58. The van der Waals surface area contributed by atoms with Crippen molar-refractivity contribution in [3.63, 3.8) is 0 Å². The lowest BCUT2D eigenvalue weighted by Gasteiger charge is -2.21. The van der Waals surface area contributed by atoms with Crippen LogP contribution < -0.4 is 5.32 Å². The summed E-state index contributed by atoms with van der Waals surface area (Å²) in [6.45, 7) is 2.62. The summed E-state index contributed by atoms with van der Waals surface area (Å²) in [5.41, 5.74) is 1.14. The van der Waals surface area contributed by atoms with Crippen molar-refractivity contribution < 1.29 is 8.78 Å². The molecule has 0 saturated carbocycles. The Morgan fingerprint density at radius 2 is 1.76 bits per heavy atom. The number of hydrogen-bond acceptors (Lipinski definition) is 1. The summed E-state index contributed by atoms with van der Waals surface area (Å²) < 4.78 is 26.8. The molecule has 0 bridgehead atoms. The van der Waals surface area contributed by atoms with Crippen molar-refractivity contribution in [3.05, 3.63) is 69.2 Å². The van der Waals surface area contributed by atoms with E-state index in [9.17, 15) is 8.78 Å². The Labute approximate surface area is 132 Å². The van der Waals surface area contributed by atoms with E-state index in [1.165, 1.54) is 12.1 Å². The Balaban J connectivity index is 2.35. The zero-order valence-electron chi connectivity index (χ0n) is 11.5. The van der Waals surface area contributed by atoms with Gasteiger partial charge >= 0.3 is 0 Å². The minimum absolute atomic E-state index is 0.240. The molecule has 0 aliphatic heterocycles. The Kier molecular flexibility index (Phi) is 5.57. The number of likely N-dealkylation sites (N-methyl/N-ethyl adjacent to an activating group) is 1. The maximum Gasteiger partial charge on any atom is 0.129 e. The second kappa shape index (κ2) is 7.21. The van der Waals surface area contributed by atoms with Crippen LogP contribution in [0.2, 0.25) is 10.0 Å². The molecule has 1 N–H and O–H groups in total. The van der Waals surface area contributed by atoms with Crippen LogP contribution in [0, 0.1) is 11.6 Å². The molecule has 5 heteroatoms. The van der Waals surface area contributed by atoms with Gasteiger partial charge in [0.15, 0.2) is 0 Å². The van der Waals surface area contributed by atoms with Crippen molar-refractivity contribution in [2.24, 2.45) is 0 Å². The summed E-state index contributed by atoms with van der Waals surface area (Å²) in [5, 5.41) is 4.29. The van der Waals surface area contributed by atoms with Gasteiger partial charge in [0.25, 0.3) is 0 Å². The van der Waals surface area contributed by atoms with Gasteiger partial charge in [0, 0.05) is 27.7 Å². The fraction of sp³-hybridized carbons (Fsp3) is 0.250. The summed E-state index contributed by atoms with van der Waals surface area (Å²) in [7, 11) is 0. The molecular formula is C16H15Cl2F2N. The standard InChI is InChI=1S/C16H15Cl2F2N/c1-2-21-15(16-12(17)4-3-5-13(16)18)8-10-6-7-11(19)9-14(10)20/h3-7,9,15,21H,2,8H2,1H3. The Bertz CT molecular complexity index is 611. The van der Waals surface area contributed by atoms with E-state index >= 15 is 0 Å². The van der Waals surface area contributed by atoms with Crippen LogP contribution in [-0.2, 0) is 6.42 Å². The molecule has 0 radical (unpaired) electrons. The number of rotatable bonds is 5. The number of halogens is 4. The molecule has 2 aromatic carbocycles. The molecule has 21 heavy (non-hydrogen) atoms. The van der Waals surface area contributed by atoms with Crippen molar-refractivity contribution in [2.75, 3.05) is 6.54 Å².